The number of nitrogens with one attached hydrogen (secondary N) is 1. The van der Waals surface area contributed by atoms with Gasteiger partial charge in [0, 0.05) is 6.42 Å². The van der Waals surface area contributed by atoms with Gasteiger partial charge in [-0.05, 0) is 38.5 Å². The molecule has 0 saturated carbocycles. The van der Waals surface area contributed by atoms with Gasteiger partial charge in [0.15, 0.2) is 0 Å². The highest BCUT2D eigenvalue weighted by Crippen LogP contribution is 2.38. The molecule has 9 heteroatoms. The SMILES string of the molecule is CCCCCCCCC/C=C\CCCCCCCCCC(=O)NC(COP(=O)([O-])OCC[N+](C)(C)C)C(O)CCCCCCCCCCCCCCCC. The van der Waals surface area contributed by atoms with E-state index in [9.17, 15) is 19.4 Å². The summed E-state index contributed by atoms with van der Waals surface area (Å²) in [4.78, 5) is 25.3. The third-order valence-corrected chi connectivity index (χ3v) is 11.5. The van der Waals surface area contributed by atoms with E-state index in [0.29, 0.717) is 23.9 Å². The van der Waals surface area contributed by atoms with Crippen LogP contribution in [0.5, 0.6) is 0 Å². The lowest BCUT2D eigenvalue weighted by atomic mass is 10.0. The van der Waals surface area contributed by atoms with Crippen molar-refractivity contribution in [2.24, 2.45) is 0 Å². The molecule has 54 heavy (non-hydrogen) atoms. The van der Waals surface area contributed by atoms with Gasteiger partial charge in [0.2, 0.25) is 5.91 Å². The zero-order valence-electron chi connectivity index (χ0n) is 36.4. The first-order valence-electron chi connectivity index (χ1n) is 23.0. The summed E-state index contributed by atoms with van der Waals surface area (Å²) in [5.74, 6) is -0.168. The second-order valence-corrected chi connectivity index (χ2v) is 18.5. The number of hydrogen-bond donors (Lipinski definition) is 2. The molecule has 0 radical (unpaired) electrons. The molecule has 0 heterocycles. The van der Waals surface area contributed by atoms with Crippen molar-refractivity contribution in [2.75, 3.05) is 40.9 Å². The van der Waals surface area contributed by atoms with E-state index >= 15 is 0 Å². The molecule has 0 aromatic carbocycles. The summed E-state index contributed by atoms with van der Waals surface area (Å²) in [5.41, 5.74) is 0. The third kappa shape index (κ3) is 39.5. The predicted octanol–water partition coefficient (Wildman–Crippen LogP) is 12.1. The van der Waals surface area contributed by atoms with E-state index in [0.717, 1.165) is 38.5 Å². The molecule has 0 aliphatic rings. The number of likely N-dealkylation sites (N-methyl/N-ethyl adjacent to an activating group) is 1. The maximum absolute atomic E-state index is 12.9. The number of carbonyl (C=O) groups is 1. The van der Waals surface area contributed by atoms with Crippen LogP contribution >= 0.6 is 7.82 Å². The molecule has 0 saturated heterocycles. The minimum Gasteiger partial charge on any atom is -0.756 e. The van der Waals surface area contributed by atoms with Crippen molar-refractivity contribution in [1.29, 1.82) is 0 Å². The lowest BCUT2D eigenvalue weighted by molar-refractivity contribution is -0.870. The van der Waals surface area contributed by atoms with E-state index in [1.807, 2.05) is 21.1 Å². The van der Waals surface area contributed by atoms with Crippen molar-refractivity contribution in [3.63, 3.8) is 0 Å². The van der Waals surface area contributed by atoms with Crippen LogP contribution < -0.4 is 10.2 Å². The molecule has 0 aromatic rings. The van der Waals surface area contributed by atoms with Gasteiger partial charge in [-0.15, -0.1) is 0 Å². The average Bonchev–Trinajstić information content (AvgIpc) is 3.12. The number of carbonyl (C=O) groups excluding carboxylic acids is 1. The van der Waals surface area contributed by atoms with Gasteiger partial charge in [-0.3, -0.25) is 9.36 Å². The average molecular weight is 787 g/mol. The first-order chi connectivity index (χ1) is 26.0. The number of rotatable bonds is 42. The van der Waals surface area contributed by atoms with E-state index in [1.165, 1.54) is 154 Å². The summed E-state index contributed by atoms with van der Waals surface area (Å²) < 4.78 is 23.3. The van der Waals surface area contributed by atoms with Crippen LogP contribution in [0.3, 0.4) is 0 Å². The summed E-state index contributed by atoms with van der Waals surface area (Å²) in [6.07, 6.45) is 42.1. The van der Waals surface area contributed by atoms with Crippen LogP contribution in [0.15, 0.2) is 12.2 Å². The van der Waals surface area contributed by atoms with Gasteiger partial charge >= 0.3 is 0 Å². The van der Waals surface area contributed by atoms with E-state index in [1.54, 1.807) is 0 Å². The minimum absolute atomic E-state index is 0.0132. The summed E-state index contributed by atoms with van der Waals surface area (Å²) in [6.45, 7) is 4.72. The highest BCUT2D eigenvalue weighted by molar-refractivity contribution is 7.45. The van der Waals surface area contributed by atoms with E-state index < -0.39 is 20.0 Å². The Morgan fingerprint density at radius 1 is 0.630 bits per heavy atom. The van der Waals surface area contributed by atoms with E-state index in [-0.39, 0.29) is 19.1 Å². The third-order valence-electron chi connectivity index (χ3n) is 10.5. The van der Waals surface area contributed by atoms with Gasteiger partial charge in [0.05, 0.1) is 39.9 Å². The van der Waals surface area contributed by atoms with Crippen molar-refractivity contribution in [1.82, 2.24) is 5.32 Å². The second-order valence-electron chi connectivity index (χ2n) is 17.1. The molecule has 0 aliphatic heterocycles. The molecule has 0 spiro atoms. The van der Waals surface area contributed by atoms with Crippen LogP contribution in [0, 0.1) is 0 Å². The van der Waals surface area contributed by atoms with Crippen molar-refractivity contribution < 1.29 is 32.9 Å². The Kier molecular flexibility index (Phi) is 37.3. The van der Waals surface area contributed by atoms with Gasteiger partial charge < -0.3 is 28.8 Å². The molecule has 0 aliphatic carbocycles. The van der Waals surface area contributed by atoms with E-state index in [4.69, 9.17) is 9.05 Å². The number of aliphatic hydroxyl groups is 1. The highest BCUT2D eigenvalue weighted by atomic mass is 31.2. The molecule has 1 amide bonds. The number of unbranched alkanes of at least 4 members (excludes halogenated alkanes) is 27. The first-order valence-corrected chi connectivity index (χ1v) is 24.5. The lowest BCUT2D eigenvalue weighted by Crippen LogP contribution is -2.46. The van der Waals surface area contributed by atoms with Gasteiger partial charge in [0.1, 0.15) is 13.2 Å². The van der Waals surface area contributed by atoms with Crippen LogP contribution in [0.25, 0.3) is 0 Å². The van der Waals surface area contributed by atoms with Crippen LogP contribution in [0.1, 0.15) is 219 Å². The standard InChI is InChI=1S/C45H91N2O6P/c1-6-8-10-12-14-16-18-20-22-23-24-25-27-29-31-33-35-37-39-45(49)46-43(42-53-54(50,51)52-41-40-47(3,4)5)44(48)38-36-34-32-30-28-26-21-19-17-15-13-11-9-7-2/h22-23,43-44,48H,6-21,24-42H2,1-5H3,(H-,46,49,50,51)/b23-22-. The Morgan fingerprint density at radius 2 is 1.02 bits per heavy atom. The topological polar surface area (TPSA) is 108 Å². The minimum atomic E-state index is -4.56. The Labute approximate surface area is 335 Å². The van der Waals surface area contributed by atoms with Crippen LogP contribution in [0.2, 0.25) is 0 Å². The van der Waals surface area contributed by atoms with E-state index in [2.05, 4.69) is 31.3 Å². The fourth-order valence-corrected chi connectivity index (χ4v) is 7.52. The molecule has 3 atom stereocenters. The number of phosphoric acid groups is 1. The molecule has 0 bridgehead atoms. The normalized spacial score (nSPS) is 14.4. The number of aliphatic hydroxyl groups excluding tert-OH is 1. The van der Waals surface area contributed by atoms with Crippen molar-refractivity contribution in [3.8, 4) is 0 Å². The van der Waals surface area contributed by atoms with Crippen LogP contribution in [-0.4, -0.2) is 68.5 Å². The largest absolute Gasteiger partial charge is 0.756 e. The van der Waals surface area contributed by atoms with Gasteiger partial charge in [0.25, 0.3) is 7.82 Å². The van der Waals surface area contributed by atoms with Gasteiger partial charge in [-0.1, -0.05) is 187 Å². The van der Waals surface area contributed by atoms with Gasteiger partial charge in [-0.2, -0.15) is 0 Å². The number of hydrogen-bond acceptors (Lipinski definition) is 6. The summed E-state index contributed by atoms with van der Waals surface area (Å²) in [5, 5.41) is 13.9. The summed E-state index contributed by atoms with van der Waals surface area (Å²) in [6, 6.07) is -0.798. The molecule has 2 N–H and O–H groups in total. The number of nitrogens with zero attached hydrogens (tertiary/aromatic N) is 1. The maximum Gasteiger partial charge on any atom is 0.268 e. The Balaban J connectivity index is 4.32. The fraction of sp³-hybridized carbons (Fsp3) is 0.933. The smallest absolute Gasteiger partial charge is 0.268 e. The van der Waals surface area contributed by atoms with Crippen molar-refractivity contribution >= 4 is 13.7 Å². The molecule has 8 nitrogen and oxygen atoms in total. The molecule has 3 unspecified atom stereocenters. The zero-order valence-corrected chi connectivity index (χ0v) is 37.3. The predicted molar refractivity (Wildman–Crippen MR) is 229 cm³/mol. The molecular weight excluding hydrogens is 695 g/mol. The number of amides is 1. The summed E-state index contributed by atoms with van der Waals surface area (Å²) >= 11 is 0. The Bertz CT molecular complexity index is 896. The fourth-order valence-electron chi connectivity index (χ4n) is 6.80. The zero-order chi connectivity index (χ0) is 40.0. The maximum atomic E-state index is 12.9. The van der Waals surface area contributed by atoms with Crippen LogP contribution in [0.4, 0.5) is 0 Å². The number of phosphoric ester groups is 1. The highest BCUT2D eigenvalue weighted by Gasteiger charge is 2.24. The Hall–Kier alpha value is -0.760. The van der Waals surface area contributed by atoms with Crippen molar-refractivity contribution in [2.45, 2.75) is 231 Å². The first kappa shape index (κ1) is 53.2. The van der Waals surface area contributed by atoms with Crippen LogP contribution in [-0.2, 0) is 18.4 Å². The quantitative estimate of drug-likeness (QED) is 0.0276. The molecule has 0 fully saturated rings. The second kappa shape index (κ2) is 37.8. The molecule has 0 rings (SSSR count). The molecule has 322 valence electrons. The molecule has 0 aromatic heterocycles. The summed E-state index contributed by atoms with van der Waals surface area (Å²) in [7, 11) is 1.31. The van der Waals surface area contributed by atoms with Gasteiger partial charge in [-0.25, -0.2) is 0 Å². The van der Waals surface area contributed by atoms with Crippen molar-refractivity contribution in [3.05, 3.63) is 12.2 Å². The molecular formula is C45H91N2O6P. The number of quaternary nitrogens is 1. The number of allylic oxidation sites excluding steroid dienone is 2. The monoisotopic (exact) mass is 787 g/mol. The Morgan fingerprint density at radius 3 is 1.44 bits per heavy atom. The lowest BCUT2D eigenvalue weighted by Gasteiger charge is -2.30.